The summed E-state index contributed by atoms with van der Waals surface area (Å²) in [6, 6.07) is 10.3. The van der Waals surface area contributed by atoms with Crippen LogP contribution in [0, 0.1) is 23.1 Å². The van der Waals surface area contributed by atoms with E-state index in [2.05, 4.69) is 16.4 Å². The van der Waals surface area contributed by atoms with Crippen molar-refractivity contribution in [3.05, 3.63) is 58.1 Å². The van der Waals surface area contributed by atoms with Crippen molar-refractivity contribution in [1.82, 2.24) is 15.2 Å². The van der Waals surface area contributed by atoms with Gasteiger partial charge in [-0.1, -0.05) is 24.3 Å². The van der Waals surface area contributed by atoms with Crippen LogP contribution in [-0.2, 0) is 16.0 Å². The highest BCUT2D eigenvalue weighted by molar-refractivity contribution is 6.05. The van der Waals surface area contributed by atoms with E-state index in [1.807, 2.05) is 0 Å². The van der Waals surface area contributed by atoms with Gasteiger partial charge in [0, 0.05) is 23.2 Å². The Kier molecular flexibility index (Phi) is 6.14. The Labute approximate surface area is 213 Å². The van der Waals surface area contributed by atoms with Gasteiger partial charge in [-0.05, 0) is 69.0 Å². The SMILES string of the molecule is CC(C)(C)OC(=O)N1[C@@H]2CC[C@@H](C2)[C@H]1C(=O)NC(C#N)Cc1ccc2c(c1)c(=O)[nH]c1c(F)cccc12. The molecule has 1 aliphatic carbocycles. The number of nitriles is 1. The van der Waals surface area contributed by atoms with E-state index >= 15 is 0 Å². The maximum Gasteiger partial charge on any atom is 0.411 e. The summed E-state index contributed by atoms with van der Waals surface area (Å²) in [7, 11) is 0. The molecule has 4 atom stereocenters. The molecule has 2 aromatic carbocycles. The molecule has 2 aliphatic rings. The Bertz CT molecular complexity index is 1500. The molecule has 2 amide bonds. The number of carbonyl (C=O) groups is 2. The van der Waals surface area contributed by atoms with Crippen LogP contribution in [0.25, 0.3) is 21.7 Å². The van der Waals surface area contributed by atoms with Gasteiger partial charge in [0.05, 0.1) is 11.6 Å². The molecule has 1 saturated carbocycles. The zero-order chi connectivity index (χ0) is 26.5. The fourth-order valence-corrected chi connectivity index (χ4v) is 5.72. The van der Waals surface area contributed by atoms with E-state index in [4.69, 9.17) is 4.74 Å². The van der Waals surface area contributed by atoms with Gasteiger partial charge in [0.25, 0.3) is 5.56 Å². The molecule has 0 radical (unpaired) electrons. The molecule has 1 aliphatic heterocycles. The lowest BCUT2D eigenvalue weighted by Gasteiger charge is -2.35. The van der Waals surface area contributed by atoms with Gasteiger partial charge in [0.15, 0.2) is 0 Å². The Morgan fingerprint density at radius 2 is 2.00 bits per heavy atom. The Balaban J connectivity index is 1.36. The molecule has 0 spiro atoms. The van der Waals surface area contributed by atoms with Gasteiger partial charge in [-0.3, -0.25) is 14.5 Å². The summed E-state index contributed by atoms with van der Waals surface area (Å²) in [6.07, 6.45) is 2.09. The number of benzene rings is 2. The predicted molar refractivity (Wildman–Crippen MR) is 136 cm³/mol. The summed E-state index contributed by atoms with van der Waals surface area (Å²) in [6.45, 7) is 5.36. The van der Waals surface area contributed by atoms with Gasteiger partial charge in [-0.2, -0.15) is 5.26 Å². The largest absolute Gasteiger partial charge is 0.444 e. The van der Waals surface area contributed by atoms with Crippen molar-refractivity contribution in [1.29, 1.82) is 5.26 Å². The lowest BCUT2D eigenvalue weighted by atomic mass is 9.97. The van der Waals surface area contributed by atoms with Crippen LogP contribution >= 0.6 is 0 Å². The molecule has 1 saturated heterocycles. The Morgan fingerprint density at radius 3 is 2.73 bits per heavy atom. The van der Waals surface area contributed by atoms with Crippen LogP contribution in [0.5, 0.6) is 0 Å². The number of ether oxygens (including phenoxy) is 1. The standard InChI is InChI=1S/C28H29FN4O4/c1-28(2,3)37-27(36)33-18-9-8-16(13-18)24(33)26(35)31-17(14-30)11-15-7-10-19-20-5-4-6-22(29)23(20)32-25(34)21(19)12-15/h4-7,10,12,16-18,24H,8-9,11,13H2,1-3H3,(H,31,35)(H,32,34)/t16-,17?,18+,24-/m0/s1. The maximum absolute atomic E-state index is 14.2. The zero-order valence-electron chi connectivity index (χ0n) is 21.0. The lowest BCUT2D eigenvalue weighted by Crippen LogP contribution is -2.55. The summed E-state index contributed by atoms with van der Waals surface area (Å²) in [5.74, 6) is -0.844. The molecular formula is C28H29FN4O4. The molecule has 1 unspecified atom stereocenters. The molecule has 9 heteroatoms. The molecule has 2 fully saturated rings. The number of aromatic amines is 1. The van der Waals surface area contributed by atoms with Gasteiger partial charge < -0.3 is 15.0 Å². The van der Waals surface area contributed by atoms with Crippen molar-refractivity contribution < 1.29 is 18.7 Å². The number of likely N-dealkylation sites (tertiary alicyclic amines) is 1. The minimum atomic E-state index is -0.860. The summed E-state index contributed by atoms with van der Waals surface area (Å²) < 4.78 is 19.7. The maximum atomic E-state index is 14.2. The van der Waals surface area contributed by atoms with E-state index < -0.39 is 35.2 Å². The number of hydrogen-bond acceptors (Lipinski definition) is 5. The smallest absolute Gasteiger partial charge is 0.411 e. The van der Waals surface area contributed by atoms with Crippen molar-refractivity contribution in [2.75, 3.05) is 0 Å². The van der Waals surface area contributed by atoms with Crippen LogP contribution in [0.4, 0.5) is 9.18 Å². The minimum absolute atomic E-state index is 0.0322. The summed E-state index contributed by atoms with van der Waals surface area (Å²) in [4.78, 5) is 43.0. The third-order valence-corrected chi connectivity index (χ3v) is 7.24. The van der Waals surface area contributed by atoms with E-state index in [1.54, 1.807) is 56.0 Å². The van der Waals surface area contributed by atoms with Crippen molar-refractivity contribution in [2.45, 2.75) is 70.2 Å². The van der Waals surface area contributed by atoms with E-state index in [0.29, 0.717) is 21.7 Å². The fraction of sp³-hybridized carbons (Fsp3) is 0.429. The second kappa shape index (κ2) is 9.18. The van der Waals surface area contributed by atoms with E-state index in [0.717, 1.165) is 19.3 Å². The number of aromatic nitrogens is 1. The molecule has 2 N–H and O–H groups in total. The first kappa shape index (κ1) is 24.8. The summed E-state index contributed by atoms with van der Waals surface area (Å²) in [5.41, 5.74) is -0.282. The predicted octanol–water partition coefficient (Wildman–Crippen LogP) is 4.16. The fourth-order valence-electron chi connectivity index (χ4n) is 5.72. The Morgan fingerprint density at radius 1 is 1.22 bits per heavy atom. The normalized spacial score (nSPS) is 21.7. The highest BCUT2D eigenvalue weighted by atomic mass is 19.1. The van der Waals surface area contributed by atoms with E-state index in [1.165, 1.54) is 6.07 Å². The third-order valence-electron chi connectivity index (χ3n) is 7.24. The molecule has 1 aromatic heterocycles. The monoisotopic (exact) mass is 504 g/mol. The molecule has 37 heavy (non-hydrogen) atoms. The summed E-state index contributed by atoms with van der Waals surface area (Å²) in [5, 5.41) is 14.2. The van der Waals surface area contributed by atoms with Gasteiger partial charge in [-0.25, -0.2) is 9.18 Å². The number of nitrogens with one attached hydrogen (secondary N) is 2. The van der Waals surface area contributed by atoms with Crippen LogP contribution in [0.3, 0.4) is 0 Å². The highest BCUT2D eigenvalue weighted by Gasteiger charge is 2.52. The van der Waals surface area contributed by atoms with Gasteiger partial charge in [0.2, 0.25) is 5.91 Å². The highest BCUT2D eigenvalue weighted by Crippen LogP contribution is 2.43. The summed E-state index contributed by atoms with van der Waals surface area (Å²) >= 11 is 0. The van der Waals surface area contributed by atoms with Crippen LogP contribution in [-0.4, -0.2) is 45.6 Å². The molecule has 2 heterocycles. The minimum Gasteiger partial charge on any atom is -0.444 e. The number of carbonyl (C=O) groups excluding carboxylic acids is 2. The van der Waals surface area contributed by atoms with Crippen LogP contribution in [0.2, 0.25) is 0 Å². The van der Waals surface area contributed by atoms with Crippen LogP contribution in [0.15, 0.2) is 41.2 Å². The quantitative estimate of drug-likeness (QED) is 0.518. The van der Waals surface area contributed by atoms with Crippen LogP contribution < -0.4 is 10.9 Å². The third kappa shape index (κ3) is 4.64. The van der Waals surface area contributed by atoms with Crippen LogP contribution in [0.1, 0.15) is 45.6 Å². The average Bonchev–Trinajstić information content (AvgIpc) is 3.45. The molecule has 3 aromatic rings. The van der Waals surface area contributed by atoms with Crippen molar-refractivity contribution >= 4 is 33.7 Å². The number of piperidine rings is 1. The van der Waals surface area contributed by atoms with Crippen molar-refractivity contribution in [3.8, 4) is 6.07 Å². The first-order valence-electron chi connectivity index (χ1n) is 12.5. The van der Waals surface area contributed by atoms with Crippen molar-refractivity contribution in [2.24, 2.45) is 5.92 Å². The first-order valence-corrected chi connectivity index (χ1v) is 12.5. The number of pyridine rings is 1. The zero-order valence-corrected chi connectivity index (χ0v) is 21.0. The molecule has 2 bridgehead atoms. The number of fused-ring (bicyclic) bond motifs is 5. The Hall–Kier alpha value is -3.93. The number of rotatable bonds is 4. The van der Waals surface area contributed by atoms with Gasteiger partial charge in [0.1, 0.15) is 23.5 Å². The number of hydrogen-bond donors (Lipinski definition) is 2. The molecule has 5 rings (SSSR count). The van der Waals surface area contributed by atoms with E-state index in [9.17, 15) is 24.0 Å². The number of amides is 2. The second-order valence-electron chi connectivity index (χ2n) is 11.0. The van der Waals surface area contributed by atoms with Crippen molar-refractivity contribution in [3.63, 3.8) is 0 Å². The topological polar surface area (TPSA) is 115 Å². The second-order valence-corrected chi connectivity index (χ2v) is 11.0. The lowest BCUT2D eigenvalue weighted by molar-refractivity contribution is -0.128. The molecule has 8 nitrogen and oxygen atoms in total. The molecular weight excluding hydrogens is 475 g/mol. The molecule has 192 valence electrons. The number of para-hydroxylation sites is 1. The van der Waals surface area contributed by atoms with E-state index in [-0.39, 0.29) is 29.8 Å². The van der Waals surface area contributed by atoms with Gasteiger partial charge in [-0.15, -0.1) is 0 Å². The average molecular weight is 505 g/mol. The number of halogens is 1. The number of nitrogens with zero attached hydrogens (tertiary/aromatic N) is 2. The number of H-pyrrole nitrogens is 1. The first-order chi connectivity index (χ1) is 17.6. The van der Waals surface area contributed by atoms with Gasteiger partial charge >= 0.3 is 6.09 Å².